The minimum atomic E-state index is 0.506. The first-order chi connectivity index (χ1) is 8.42. The zero-order chi connectivity index (χ0) is 11.5. The van der Waals surface area contributed by atoms with Crippen LogP contribution in [0.2, 0.25) is 0 Å². The van der Waals surface area contributed by atoms with Crippen LogP contribution in [0.5, 0.6) is 5.75 Å². The number of hydrogen-bond acceptors (Lipinski definition) is 4. The van der Waals surface area contributed by atoms with E-state index in [1.807, 2.05) is 30.3 Å². The van der Waals surface area contributed by atoms with E-state index < -0.39 is 0 Å². The van der Waals surface area contributed by atoms with Crippen molar-refractivity contribution in [3.05, 3.63) is 36.5 Å². The number of nitrogens with zero attached hydrogens (tertiary/aromatic N) is 2. The van der Waals surface area contributed by atoms with Gasteiger partial charge in [0.25, 0.3) is 0 Å². The Balaban J connectivity index is 1.76. The van der Waals surface area contributed by atoms with Crippen LogP contribution >= 0.6 is 0 Å². The number of aromatic nitrogens is 1. The van der Waals surface area contributed by atoms with Crippen LogP contribution in [0.4, 0.5) is 0 Å². The van der Waals surface area contributed by atoms with E-state index >= 15 is 0 Å². The molecule has 1 aromatic carbocycles. The highest BCUT2D eigenvalue weighted by molar-refractivity contribution is 5.85. The summed E-state index contributed by atoms with van der Waals surface area (Å²) in [7, 11) is 0. The van der Waals surface area contributed by atoms with Crippen molar-refractivity contribution in [3.8, 4) is 5.75 Å². The van der Waals surface area contributed by atoms with E-state index in [1.54, 1.807) is 6.20 Å². The standard InChI is InChI=1S/C13H13N3O/c1-2-10-8-11(3-4-12(10)14-5-1)17-9-13-15-6-7-16-13/h1-5,8H,6-7,9H2,(H,15,16). The first-order valence-corrected chi connectivity index (χ1v) is 5.66. The molecule has 0 saturated heterocycles. The number of aliphatic imine (C=N–C) groups is 1. The van der Waals surface area contributed by atoms with Crippen LogP contribution in [0, 0.1) is 0 Å². The second-order valence-corrected chi connectivity index (χ2v) is 3.90. The van der Waals surface area contributed by atoms with Crippen molar-refractivity contribution >= 4 is 16.7 Å². The van der Waals surface area contributed by atoms with Crippen LogP contribution in [0.1, 0.15) is 0 Å². The van der Waals surface area contributed by atoms with Crippen LogP contribution in [-0.2, 0) is 0 Å². The maximum absolute atomic E-state index is 5.68. The summed E-state index contributed by atoms with van der Waals surface area (Å²) in [5.74, 6) is 1.78. The van der Waals surface area contributed by atoms with Crippen LogP contribution in [0.3, 0.4) is 0 Å². The molecule has 0 spiro atoms. The Morgan fingerprint density at radius 2 is 2.29 bits per heavy atom. The highest BCUT2D eigenvalue weighted by Gasteiger charge is 2.05. The molecule has 1 N–H and O–H groups in total. The van der Waals surface area contributed by atoms with Gasteiger partial charge in [-0.2, -0.15) is 0 Å². The van der Waals surface area contributed by atoms with Gasteiger partial charge in [0.05, 0.1) is 12.1 Å². The molecule has 0 aliphatic carbocycles. The van der Waals surface area contributed by atoms with Crippen molar-refractivity contribution in [2.45, 2.75) is 0 Å². The summed E-state index contributed by atoms with van der Waals surface area (Å²) >= 11 is 0. The minimum absolute atomic E-state index is 0.506. The highest BCUT2D eigenvalue weighted by atomic mass is 16.5. The average molecular weight is 227 g/mol. The number of hydrogen-bond donors (Lipinski definition) is 1. The summed E-state index contributed by atoms with van der Waals surface area (Å²) in [5, 5.41) is 4.27. The van der Waals surface area contributed by atoms with Crippen molar-refractivity contribution in [3.63, 3.8) is 0 Å². The molecule has 4 heteroatoms. The van der Waals surface area contributed by atoms with Gasteiger partial charge in [-0.05, 0) is 24.3 Å². The van der Waals surface area contributed by atoms with E-state index in [-0.39, 0.29) is 0 Å². The van der Waals surface area contributed by atoms with E-state index in [1.165, 1.54) is 0 Å². The van der Waals surface area contributed by atoms with E-state index in [4.69, 9.17) is 4.74 Å². The molecular formula is C13H13N3O. The largest absolute Gasteiger partial charge is 0.486 e. The van der Waals surface area contributed by atoms with Gasteiger partial charge in [-0.25, -0.2) is 0 Å². The summed E-state index contributed by atoms with van der Waals surface area (Å²) < 4.78 is 5.68. The number of benzene rings is 1. The van der Waals surface area contributed by atoms with Crippen LogP contribution in [0.15, 0.2) is 41.5 Å². The molecule has 0 fully saturated rings. The van der Waals surface area contributed by atoms with Gasteiger partial charge in [0.15, 0.2) is 0 Å². The molecule has 2 heterocycles. The van der Waals surface area contributed by atoms with E-state index in [2.05, 4.69) is 15.3 Å². The fraction of sp³-hybridized carbons (Fsp3) is 0.231. The predicted molar refractivity (Wildman–Crippen MR) is 67.5 cm³/mol. The van der Waals surface area contributed by atoms with E-state index in [0.29, 0.717) is 6.61 Å². The Labute approximate surface area is 99.3 Å². The number of nitrogens with one attached hydrogen (secondary N) is 1. The smallest absolute Gasteiger partial charge is 0.145 e. The van der Waals surface area contributed by atoms with Gasteiger partial charge < -0.3 is 10.1 Å². The van der Waals surface area contributed by atoms with Crippen molar-refractivity contribution in [2.24, 2.45) is 4.99 Å². The lowest BCUT2D eigenvalue weighted by molar-refractivity contribution is 0.374. The Bertz CT molecular complexity index is 565. The molecule has 1 aromatic heterocycles. The lowest BCUT2D eigenvalue weighted by atomic mass is 10.2. The Kier molecular flexibility index (Phi) is 2.62. The van der Waals surface area contributed by atoms with Gasteiger partial charge in [-0.1, -0.05) is 6.07 Å². The topological polar surface area (TPSA) is 46.5 Å². The zero-order valence-corrected chi connectivity index (χ0v) is 9.39. The minimum Gasteiger partial charge on any atom is -0.486 e. The molecule has 0 saturated carbocycles. The van der Waals surface area contributed by atoms with Crippen LogP contribution in [-0.4, -0.2) is 30.5 Å². The fourth-order valence-electron chi connectivity index (χ4n) is 1.84. The first kappa shape index (κ1) is 10.1. The van der Waals surface area contributed by atoms with Crippen LogP contribution < -0.4 is 10.1 Å². The molecule has 0 unspecified atom stereocenters. The highest BCUT2D eigenvalue weighted by Crippen LogP contribution is 2.18. The molecule has 3 rings (SSSR count). The normalized spacial score (nSPS) is 14.5. The predicted octanol–water partition coefficient (Wildman–Crippen LogP) is 1.62. The maximum Gasteiger partial charge on any atom is 0.145 e. The summed E-state index contributed by atoms with van der Waals surface area (Å²) in [6.07, 6.45) is 1.79. The molecule has 1 aliphatic rings. The van der Waals surface area contributed by atoms with Gasteiger partial charge in [0, 0.05) is 18.1 Å². The van der Waals surface area contributed by atoms with Gasteiger partial charge in [0.2, 0.25) is 0 Å². The van der Waals surface area contributed by atoms with Gasteiger partial charge in [0.1, 0.15) is 18.2 Å². The van der Waals surface area contributed by atoms with Gasteiger partial charge in [-0.3, -0.25) is 9.98 Å². The third kappa shape index (κ3) is 2.20. The summed E-state index contributed by atoms with van der Waals surface area (Å²) in [6.45, 7) is 2.27. The lowest BCUT2D eigenvalue weighted by Crippen LogP contribution is -2.24. The molecule has 0 atom stereocenters. The van der Waals surface area contributed by atoms with Crippen molar-refractivity contribution in [1.82, 2.24) is 10.3 Å². The third-order valence-corrected chi connectivity index (χ3v) is 2.69. The summed E-state index contributed by atoms with van der Waals surface area (Å²) in [4.78, 5) is 8.55. The number of rotatable bonds is 3. The van der Waals surface area contributed by atoms with Crippen molar-refractivity contribution < 1.29 is 4.74 Å². The molecule has 4 nitrogen and oxygen atoms in total. The monoisotopic (exact) mass is 227 g/mol. The number of amidine groups is 1. The van der Waals surface area contributed by atoms with Crippen LogP contribution in [0.25, 0.3) is 10.9 Å². The van der Waals surface area contributed by atoms with E-state index in [9.17, 15) is 0 Å². The molecule has 0 amide bonds. The quantitative estimate of drug-likeness (QED) is 0.866. The van der Waals surface area contributed by atoms with Crippen molar-refractivity contribution in [2.75, 3.05) is 19.7 Å². The van der Waals surface area contributed by atoms with E-state index in [0.717, 1.165) is 35.6 Å². The van der Waals surface area contributed by atoms with Gasteiger partial charge in [-0.15, -0.1) is 0 Å². The molecular weight excluding hydrogens is 214 g/mol. The fourth-order valence-corrected chi connectivity index (χ4v) is 1.84. The average Bonchev–Trinajstić information content (AvgIpc) is 2.89. The number of pyridine rings is 1. The first-order valence-electron chi connectivity index (χ1n) is 5.66. The maximum atomic E-state index is 5.68. The van der Waals surface area contributed by atoms with Crippen molar-refractivity contribution in [1.29, 1.82) is 0 Å². The number of ether oxygens (including phenoxy) is 1. The second kappa shape index (κ2) is 4.41. The third-order valence-electron chi connectivity index (χ3n) is 2.69. The Morgan fingerprint density at radius 3 is 3.18 bits per heavy atom. The summed E-state index contributed by atoms with van der Waals surface area (Å²) in [6, 6.07) is 9.85. The Hall–Kier alpha value is -2.10. The molecule has 0 radical (unpaired) electrons. The molecule has 2 aromatic rings. The number of fused-ring (bicyclic) bond motifs is 1. The lowest BCUT2D eigenvalue weighted by Gasteiger charge is -2.07. The van der Waals surface area contributed by atoms with Gasteiger partial charge >= 0.3 is 0 Å². The zero-order valence-electron chi connectivity index (χ0n) is 9.39. The SMILES string of the molecule is c1cnc2ccc(OCC3=NCCN3)cc2c1. The molecule has 0 bridgehead atoms. The Morgan fingerprint density at radius 1 is 1.29 bits per heavy atom. The molecule has 86 valence electrons. The molecule has 1 aliphatic heterocycles. The molecule has 17 heavy (non-hydrogen) atoms. The second-order valence-electron chi connectivity index (χ2n) is 3.90. The summed E-state index contributed by atoms with van der Waals surface area (Å²) in [5.41, 5.74) is 0.983.